The lowest BCUT2D eigenvalue weighted by Gasteiger charge is -2.22. The standard InChI is InChI=1S/C12H23N3/c1-10(2)15-6-5-11(7-15)14-9-12(3,4)8-13/h10-11,14H,5-7,9H2,1-4H3. The SMILES string of the molecule is CC(C)N1CCC(NCC(C)(C)C#N)C1. The van der Waals surface area contributed by atoms with Crippen molar-refractivity contribution in [3.8, 4) is 6.07 Å². The van der Waals surface area contributed by atoms with Crippen molar-refractivity contribution in [3.63, 3.8) is 0 Å². The van der Waals surface area contributed by atoms with Crippen LogP contribution in [0, 0.1) is 16.7 Å². The second-order valence-corrected chi connectivity index (χ2v) is 5.45. The van der Waals surface area contributed by atoms with Crippen LogP contribution >= 0.6 is 0 Å². The zero-order valence-electron chi connectivity index (χ0n) is 10.4. The summed E-state index contributed by atoms with van der Waals surface area (Å²) >= 11 is 0. The van der Waals surface area contributed by atoms with Crippen molar-refractivity contribution in [2.24, 2.45) is 5.41 Å². The molecule has 1 fully saturated rings. The second kappa shape index (κ2) is 4.96. The number of nitrogens with zero attached hydrogens (tertiary/aromatic N) is 2. The Morgan fingerprint density at radius 1 is 1.53 bits per heavy atom. The average molecular weight is 209 g/mol. The maximum Gasteiger partial charge on any atom is 0.0697 e. The highest BCUT2D eigenvalue weighted by Crippen LogP contribution is 2.15. The fourth-order valence-corrected chi connectivity index (χ4v) is 1.86. The van der Waals surface area contributed by atoms with Gasteiger partial charge in [0.25, 0.3) is 0 Å². The van der Waals surface area contributed by atoms with E-state index in [2.05, 4.69) is 30.1 Å². The largest absolute Gasteiger partial charge is 0.311 e. The molecule has 0 radical (unpaired) electrons. The molecule has 0 aliphatic carbocycles. The van der Waals surface area contributed by atoms with Gasteiger partial charge in [-0.05, 0) is 40.7 Å². The lowest BCUT2D eigenvalue weighted by Crippen LogP contribution is -2.39. The molecular formula is C12H23N3. The van der Waals surface area contributed by atoms with Gasteiger partial charge in [-0.1, -0.05) is 0 Å². The van der Waals surface area contributed by atoms with Crippen LogP contribution in [-0.2, 0) is 0 Å². The highest BCUT2D eigenvalue weighted by molar-refractivity contribution is 4.95. The lowest BCUT2D eigenvalue weighted by molar-refractivity contribution is 0.265. The summed E-state index contributed by atoms with van der Waals surface area (Å²) in [7, 11) is 0. The van der Waals surface area contributed by atoms with Crippen molar-refractivity contribution in [1.82, 2.24) is 10.2 Å². The van der Waals surface area contributed by atoms with Crippen molar-refractivity contribution in [1.29, 1.82) is 5.26 Å². The molecule has 15 heavy (non-hydrogen) atoms. The van der Waals surface area contributed by atoms with Gasteiger partial charge in [0.15, 0.2) is 0 Å². The van der Waals surface area contributed by atoms with E-state index < -0.39 is 0 Å². The van der Waals surface area contributed by atoms with E-state index in [4.69, 9.17) is 5.26 Å². The molecule has 0 aromatic carbocycles. The van der Waals surface area contributed by atoms with Gasteiger partial charge in [-0.15, -0.1) is 0 Å². The molecule has 1 heterocycles. The van der Waals surface area contributed by atoms with E-state index in [1.54, 1.807) is 0 Å². The van der Waals surface area contributed by atoms with Crippen molar-refractivity contribution >= 4 is 0 Å². The monoisotopic (exact) mass is 209 g/mol. The summed E-state index contributed by atoms with van der Waals surface area (Å²) in [6.07, 6.45) is 1.21. The Bertz CT molecular complexity index is 240. The zero-order chi connectivity index (χ0) is 11.5. The molecule has 1 atom stereocenters. The van der Waals surface area contributed by atoms with Crippen molar-refractivity contribution in [2.45, 2.75) is 46.2 Å². The van der Waals surface area contributed by atoms with Crippen LogP contribution in [-0.4, -0.2) is 36.6 Å². The van der Waals surface area contributed by atoms with Crippen LogP contribution in [0.2, 0.25) is 0 Å². The van der Waals surface area contributed by atoms with Crippen LogP contribution in [0.5, 0.6) is 0 Å². The van der Waals surface area contributed by atoms with Crippen LogP contribution in [0.1, 0.15) is 34.1 Å². The van der Waals surface area contributed by atoms with E-state index in [1.807, 2.05) is 13.8 Å². The Balaban J connectivity index is 2.29. The normalized spacial score (nSPS) is 23.3. The van der Waals surface area contributed by atoms with Gasteiger partial charge < -0.3 is 5.32 Å². The fraction of sp³-hybridized carbons (Fsp3) is 0.917. The van der Waals surface area contributed by atoms with Gasteiger partial charge in [-0.2, -0.15) is 5.26 Å². The minimum atomic E-state index is -0.245. The molecule has 1 rings (SSSR count). The van der Waals surface area contributed by atoms with Gasteiger partial charge >= 0.3 is 0 Å². The first-order chi connectivity index (χ1) is 6.94. The summed E-state index contributed by atoms with van der Waals surface area (Å²) in [6.45, 7) is 11.5. The second-order valence-electron chi connectivity index (χ2n) is 5.45. The molecule has 1 aliphatic heterocycles. The Kier molecular flexibility index (Phi) is 4.12. The molecule has 0 aromatic heterocycles. The minimum absolute atomic E-state index is 0.245. The minimum Gasteiger partial charge on any atom is -0.311 e. The van der Waals surface area contributed by atoms with E-state index >= 15 is 0 Å². The number of rotatable bonds is 4. The molecule has 3 heteroatoms. The van der Waals surface area contributed by atoms with Crippen molar-refractivity contribution in [3.05, 3.63) is 0 Å². The van der Waals surface area contributed by atoms with Crippen LogP contribution in [0.4, 0.5) is 0 Å². The summed E-state index contributed by atoms with van der Waals surface area (Å²) in [4.78, 5) is 2.48. The first-order valence-electron chi connectivity index (χ1n) is 5.83. The zero-order valence-corrected chi connectivity index (χ0v) is 10.4. The first-order valence-corrected chi connectivity index (χ1v) is 5.83. The van der Waals surface area contributed by atoms with E-state index in [9.17, 15) is 0 Å². The molecule has 86 valence electrons. The third-order valence-electron chi connectivity index (χ3n) is 3.09. The van der Waals surface area contributed by atoms with E-state index in [0.717, 1.165) is 13.1 Å². The fourth-order valence-electron chi connectivity index (χ4n) is 1.86. The summed E-state index contributed by atoms with van der Waals surface area (Å²) < 4.78 is 0. The smallest absolute Gasteiger partial charge is 0.0697 e. The summed E-state index contributed by atoms with van der Waals surface area (Å²) in [5.74, 6) is 0. The molecule has 1 saturated heterocycles. The predicted molar refractivity (Wildman–Crippen MR) is 62.5 cm³/mol. The molecule has 0 saturated carbocycles. The molecule has 0 amide bonds. The summed E-state index contributed by atoms with van der Waals surface area (Å²) in [5, 5.41) is 12.4. The van der Waals surface area contributed by atoms with Gasteiger partial charge in [0.1, 0.15) is 0 Å². The van der Waals surface area contributed by atoms with Gasteiger partial charge in [-0.25, -0.2) is 0 Å². The predicted octanol–water partition coefficient (Wildman–Crippen LogP) is 1.61. The van der Waals surface area contributed by atoms with Gasteiger partial charge in [0.05, 0.1) is 11.5 Å². The molecular weight excluding hydrogens is 186 g/mol. The van der Waals surface area contributed by atoms with E-state index in [-0.39, 0.29) is 5.41 Å². The van der Waals surface area contributed by atoms with Gasteiger partial charge in [-0.3, -0.25) is 4.90 Å². The molecule has 0 bridgehead atoms. The first kappa shape index (κ1) is 12.5. The maximum absolute atomic E-state index is 8.91. The lowest BCUT2D eigenvalue weighted by atomic mass is 9.95. The highest BCUT2D eigenvalue weighted by atomic mass is 15.2. The topological polar surface area (TPSA) is 39.1 Å². The third kappa shape index (κ3) is 3.81. The number of nitrogens with one attached hydrogen (secondary N) is 1. The van der Waals surface area contributed by atoms with E-state index in [1.165, 1.54) is 13.0 Å². The van der Waals surface area contributed by atoms with Gasteiger partial charge in [0, 0.05) is 25.2 Å². The van der Waals surface area contributed by atoms with Crippen LogP contribution in [0.25, 0.3) is 0 Å². The molecule has 3 nitrogen and oxygen atoms in total. The van der Waals surface area contributed by atoms with Crippen molar-refractivity contribution < 1.29 is 0 Å². The Hall–Kier alpha value is -0.590. The third-order valence-corrected chi connectivity index (χ3v) is 3.09. The molecule has 1 aliphatic rings. The molecule has 0 aromatic rings. The van der Waals surface area contributed by atoms with Crippen LogP contribution in [0.15, 0.2) is 0 Å². The Morgan fingerprint density at radius 2 is 2.20 bits per heavy atom. The summed E-state index contributed by atoms with van der Waals surface area (Å²) in [6, 6.07) is 3.53. The van der Waals surface area contributed by atoms with Crippen LogP contribution < -0.4 is 5.32 Å². The summed E-state index contributed by atoms with van der Waals surface area (Å²) in [5.41, 5.74) is -0.245. The highest BCUT2D eigenvalue weighted by Gasteiger charge is 2.25. The number of likely N-dealkylation sites (tertiary alicyclic amines) is 1. The number of nitriles is 1. The Labute approximate surface area is 93.5 Å². The Morgan fingerprint density at radius 3 is 2.67 bits per heavy atom. The number of hydrogen-bond donors (Lipinski definition) is 1. The van der Waals surface area contributed by atoms with E-state index in [0.29, 0.717) is 12.1 Å². The van der Waals surface area contributed by atoms with Crippen molar-refractivity contribution in [2.75, 3.05) is 19.6 Å². The number of hydrogen-bond acceptors (Lipinski definition) is 3. The van der Waals surface area contributed by atoms with Crippen LogP contribution in [0.3, 0.4) is 0 Å². The molecule has 0 spiro atoms. The molecule has 1 unspecified atom stereocenters. The molecule has 1 N–H and O–H groups in total. The maximum atomic E-state index is 8.91. The quantitative estimate of drug-likeness (QED) is 0.764. The van der Waals surface area contributed by atoms with Gasteiger partial charge in [0.2, 0.25) is 0 Å². The average Bonchev–Trinajstić information content (AvgIpc) is 2.63.